The highest BCUT2D eigenvalue weighted by Crippen LogP contribution is 2.24. The molecule has 1 saturated heterocycles. The van der Waals surface area contributed by atoms with Crippen LogP contribution in [0.3, 0.4) is 0 Å². The average molecular weight is 376 g/mol. The van der Waals surface area contributed by atoms with E-state index in [4.69, 9.17) is 5.11 Å². The van der Waals surface area contributed by atoms with E-state index in [1.165, 1.54) is 4.31 Å². The van der Waals surface area contributed by atoms with E-state index in [0.717, 1.165) is 18.0 Å². The molecule has 0 radical (unpaired) electrons. The molecule has 2 heterocycles. The fraction of sp³-hybridized carbons (Fsp3) is 0.250. The number of sulfonamides is 1. The summed E-state index contributed by atoms with van der Waals surface area (Å²) in [6.07, 6.45) is 2.73. The van der Waals surface area contributed by atoms with E-state index in [1.54, 1.807) is 24.3 Å². The van der Waals surface area contributed by atoms with Gasteiger partial charge in [0.15, 0.2) is 5.69 Å². The lowest BCUT2D eigenvalue weighted by atomic mass is 10.2. The van der Waals surface area contributed by atoms with Crippen molar-refractivity contribution in [3.63, 3.8) is 0 Å². The summed E-state index contributed by atoms with van der Waals surface area (Å²) < 4.78 is 25.2. The van der Waals surface area contributed by atoms with Gasteiger partial charge < -0.3 is 10.4 Å². The largest absolute Gasteiger partial charge is 0.476 e. The molecule has 1 fully saturated rings. The van der Waals surface area contributed by atoms with Crippen molar-refractivity contribution in [3.8, 4) is 0 Å². The molecule has 1 aromatic heterocycles. The maximum atomic E-state index is 12.0. The number of amides is 1. The summed E-state index contributed by atoms with van der Waals surface area (Å²) in [6.45, 7) is 0.692. The van der Waals surface area contributed by atoms with Gasteiger partial charge >= 0.3 is 5.97 Å². The Morgan fingerprint density at radius 1 is 1.12 bits per heavy atom. The number of carboxylic acid groups (broad SMARTS) is 1. The number of hydrogen-bond acceptors (Lipinski definition) is 6. The van der Waals surface area contributed by atoms with Crippen molar-refractivity contribution >= 4 is 27.6 Å². The summed E-state index contributed by atoms with van der Waals surface area (Å²) in [5.41, 5.74) is 1.16. The molecule has 0 aliphatic carbocycles. The number of carbonyl (C=O) groups is 2. The molecule has 1 amide bonds. The minimum Gasteiger partial charge on any atom is -0.476 e. The molecule has 9 nitrogen and oxygen atoms in total. The molecule has 0 atom stereocenters. The maximum absolute atomic E-state index is 12.0. The van der Waals surface area contributed by atoms with Crippen molar-refractivity contribution in [2.24, 2.45) is 0 Å². The number of carbonyl (C=O) groups excluding carboxylic acids is 1. The van der Waals surface area contributed by atoms with Crippen molar-refractivity contribution in [3.05, 3.63) is 53.6 Å². The van der Waals surface area contributed by atoms with Gasteiger partial charge in [0.05, 0.1) is 23.8 Å². The van der Waals surface area contributed by atoms with Crippen LogP contribution in [0.4, 0.5) is 5.69 Å². The number of hydrogen-bond donors (Lipinski definition) is 2. The molecule has 1 aliphatic rings. The predicted octanol–water partition coefficient (Wildman–Crippen LogP) is 0.645. The van der Waals surface area contributed by atoms with Crippen LogP contribution in [0.1, 0.15) is 33.0 Å². The van der Waals surface area contributed by atoms with Crippen molar-refractivity contribution in [2.45, 2.75) is 13.0 Å². The molecule has 0 saturated carbocycles. The molecule has 10 heteroatoms. The molecular formula is C16H16N4O5S. The van der Waals surface area contributed by atoms with E-state index in [1.807, 2.05) is 0 Å². The van der Waals surface area contributed by atoms with Crippen molar-refractivity contribution in [1.82, 2.24) is 15.3 Å². The van der Waals surface area contributed by atoms with E-state index in [9.17, 15) is 18.0 Å². The summed E-state index contributed by atoms with van der Waals surface area (Å²) in [7, 11) is -3.22. The number of nitrogens with one attached hydrogen (secondary N) is 1. The topological polar surface area (TPSA) is 130 Å². The Kier molecular flexibility index (Phi) is 4.85. The van der Waals surface area contributed by atoms with Gasteiger partial charge in [0.1, 0.15) is 5.69 Å². The van der Waals surface area contributed by atoms with Crippen molar-refractivity contribution < 1.29 is 23.1 Å². The first-order valence-electron chi connectivity index (χ1n) is 7.80. The zero-order valence-corrected chi connectivity index (χ0v) is 14.4. The van der Waals surface area contributed by atoms with Gasteiger partial charge in [-0.15, -0.1) is 0 Å². The van der Waals surface area contributed by atoms with Crippen LogP contribution < -0.4 is 9.62 Å². The van der Waals surface area contributed by atoms with Crippen LogP contribution in [0.5, 0.6) is 0 Å². The number of carboxylic acids is 1. The molecular weight excluding hydrogens is 360 g/mol. The van der Waals surface area contributed by atoms with Crippen LogP contribution in [0.2, 0.25) is 0 Å². The smallest absolute Gasteiger partial charge is 0.356 e. The molecule has 0 spiro atoms. The number of aromatic nitrogens is 2. The summed E-state index contributed by atoms with van der Waals surface area (Å²) in [5.74, 6) is -1.54. The summed E-state index contributed by atoms with van der Waals surface area (Å²) >= 11 is 0. The number of nitrogens with zero attached hydrogens (tertiary/aromatic N) is 3. The van der Waals surface area contributed by atoms with Crippen LogP contribution in [0.15, 0.2) is 36.7 Å². The fourth-order valence-electron chi connectivity index (χ4n) is 2.54. The quantitative estimate of drug-likeness (QED) is 0.783. The van der Waals surface area contributed by atoms with Crippen LogP contribution in [-0.4, -0.2) is 47.7 Å². The van der Waals surface area contributed by atoms with E-state index < -0.39 is 21.9 Å². The minimum absolute atomic E-state index is 0.00906. The molecule has 0 unspecified atom stereocenters. The van der Waals surface area contributed by atoms with Crippen LogP contribution in [-0.2, 0) is 16.6 Å². The normalized spacial score (nSPS) is 15.6. The number of benzene rings is 1. The van der Waals surface area contributed by atoms with Crippen molar-refractivity contribution in [2.75, 3.05) is 16.6 Å². The monoisotopic (exact) mass is 376 g/mol. The standard InChI is InChI=1S/C16H16N4O5S/c21-15(13-9-18-14(10-17-13)16(22)23)19-8-11-2-4-12(5-3-11)20-6-1-7-26(20,24)25/h2-5,9-10H,1,6-8H2,(H,19,21)(H,22,23). The van der Waals surface area contributed by atoms with Crippen LogP contribution in [0.25, 0.3) is 0 Å². The lowest BCUT2D eigenvalue weighted by Crippen LogP contribution is -2.25. The van der Waals surface area contributed by atoms with Crippen molar-refractivity contribution in [1.29, 1.82) is 0 Å². The lowest BCUT2D eigenvalue weighted by Gasteiger charge is -2.17. The second kappa shape index (κ2) is 7.08. The van der Waals surface area contributed by atoms with Crippen LogP contribution in [0, 0.1) is 0 Å². The Bertz CT molecular complexity index is 926. The third-order valence-corrected chi connectivity index (χ3v) is 5.75. The van der Waals surface area contributed by atoms with E-state index >= 15 is 0 Å². The highest BCUT2D eigenvalue weighted by atomic mass is 32.2. The zero-order valence-electron chi connectivity index (χ0n) is 13.6. The van der Waals surface area contributed by atoms with Gasteiger partial charge in [0.2, 0.25) is 10.0 Å². The van der Waals surface area contributed by atoms with Gasteiger partial charge in [-0.25, -0.2) is 23.2 Å². The Morgan fingerprint density at radius 2 is 1.77 bits per heavy atom. The Hall–Kier alpha value is -3.01. The van der Waals surface area contributed by atoms with Gasteiger partial charge in [0, 0.05) is 13.1 Å². The maximum Gasteiger partial charge on any atom is 0.356 e. The lowest BCUT2D eigenvalue weighted by molar-refractivity contribution is 0.0689. The SMILES string of the molecule is O=C(O)c1cnc(C(=O)NCc2ccc(N3CCCS3(=O)=O)cc2)cn1. The third-order valence-electron chi connectivity index (χ3n) is 3.88. The fourth-order valence-corrected chi connectivity index (χ4v) is 4.10. The molecule has 26 heavy (non-hydrogen) atoms. The Morgan fingerprint density at radius 3 is 2.31 bits per heavy atom. The number of aromatic carboxylic acids is 1. The molecule has 1 aliphatic heterocycles. The van der Waals surface area contributed by atoms with Gasteiger partial charge in [-0.1, -0.05) is 12.1 Å². The van der Waals surface area contributed by atoms with Gasteiger partial charge in [-0.2, -0.15) is 0 Å². The highest BCUT2D eigenvalue weighted by Gasteiger charge is 2.28. The average Bonchev–Trinajstić information content (AvgIpc) is 2.99. The summed E-state index contributed by atoms with van der Waals surface area (Å²) in [4.78, 5) is 30.1. The second-order valence-electron chi connectivity index (χ2n) is 5.68. The van der Waals surface area contributed by atoms with E-state index in [-0.39, 0.29) is 23.7 Å². The number of rotatable bonds is 5. The van der Waals surface area contributed by atoms with E-state index in [0.29, 0.717) is 18.7 Å². The predicted molar refractivity (Wildman–Crippen MR) is 92.4 cm³/mol. The van der Waals surface area contributed by atoms with Gasteiger partial charge in [0.25, 0.3) is 5.91 Å². The minimum atomic E-state index is -3.22. The second-order valence-corrected chi connectivity index (χ2v) is 7.70. The Balaban J connectivity index is 1.61. The first-order valence-corrected chi connectivity index (χ1v) is 9.40. The Labute approximate surface area is 149 Å². The molecule has 3 rings (SSSR count). The van der Waals surface area contributed by atoms with E-state index in [2.05, 4.69) is 15.3 Å². The highest BCUT2D eigenvalue weighted by molar-refractivity contribution is 7.93. The van der Waals surface area contributed by atoms with Gasteiger partial charge in [-0.05, 0) is 24.1 Å². The zero-order chi connectivity index (χ0) is 18.7. The molecule has 2 N–H and O–H groups in total. The molecule has 2 aromatic rings. The summed E-state index contributed by atoms with van der Waals surface area (Å²) in [5, 5.41) is 11.4. The molecule has 0 bridgehead atoms. The first kappa shape index (κ1) is 17.8. The summed E-state index contributed by atoms with van der Waals surface area (Å²) in [6, 6.07) is 6.88. The number of anilines is 1. The third kappa shape index (κ3) is 3.80. The van der Waals surface area contributed by atoms with Gasteiger partial charge in [-0.3, -0.25) is 9.10 Å². The molecule has 136 valence electrons. The first-order chi connectivity index (χ1) is 12.4. The molecule has 1 aromatic carbocycles. The van der Waals surface area contributed by atoms with Crippen LogP contribution >= 0.6 is 0 Å².